The molecular formula is C17H15F4NO2. The van der Waals surface area contributed by atoms with Gasteiger partial charge >= 0.3 is 0 Å². The van der Waals surface area contributed by atoms with E-state index in [9.17, 15) is 27.5 Å². The largest absolute Gasteiger partial charge is 0.383 e. The highest BCUT2D eigenvalue weighted by Crippen LogP contribution is 2.23. The lowest BCUT2D eigenvalue weighted by Gasteiger charge is -2.24. The Hall–Kier alpha value is -2.41. The van der Waals surface area contributed by atoms with E-state index in [0.717, 1.165) is 24.3 Å². The minimum absolute atomic E-state index is 0.169. The molecule has 128 valence electrons. The van der Waals surface area contributed by atoms with Crippen molar-refractivity contribution in [2.75, 3.05) is 6.54 Å². The van der Waals surface area contributed by atoms with E-state index in [4.69, 9.17) is 0 Å². The molecule has 0 aliphatic heterocycles. The lowest BCUT2D eigenvalue weighted by Crippen LogP contribution is -2.39. The molecule has 0 bridgehead atoms. The number of nitrogens with one attached hydrogen (secondary N) is 1. The van der Waals surface area contributed by atoms with Crippen molar-refractivity contribution in [1.82, 2.24) is 5.32 Å². The van der Waals surface area contributed by atoms with Crippen LogP contribution in [0.25, 0.3) is 0 Å². The monoisotopic (exact) mass is 341 g/mol. The Balaban J connectivity index is 2.00. The number of amides is 1. The van der Waals surface area contributed by atoms with Gasteiger partial charge in [0, 0.05) is 11.6 Å². The van der Waals surface area contributed by atoms with E-state index in [1.165, 1.54) is 13.0 Å². The lowest BCUT2D eigenvalue weighted by molar-refractivity contribution is -0.121. The summed E-state index contributed by atoms with van der Waals surface area (Å²) in [5.74, 6) is -4.37. The van der Waals surface area contributed by atoms with Gasteiger partial charge in [-0.25, -0.2) is 17.6 Å². The fraction of sp³-hybridized carbons (Fsp3) is 0.235. The van der Waals surface area contributed by atoms with Gasteiger partial charge in [-0.05, 0) is 30.7 Å². The number of hydrogen-bond donors (Lipinski definition) is 2. The quantitative estimate of drug-likeness (QED) is 0.822. The van der Waals surface area contributed by atoms with E-state index in [-0.39, 0.29) is 24.1 Å². The molecule has 2 aromatic carbocycles. The molecule has 0 aromatic heterocycles. The molecule has 2 N–H and O–H groups in total. The van der Waals surface area contributed by atoms with Gasteiger partial charge in [0.05, 0.1) is 13.0 Å². The number of halogens is 4. The van der Waals surface area contributed by atoms with E-state index in [1.807, 2.05) is 0 Å². The zero-order chi connectivity index (χ0) is 17.9. The minimum atomic E-state index is -1.76. The molecular weight excluding hydrogens is 326 g/mol. The first kappa shape index (κ1) is 17.9. The van der Waals surface area contributed by atoms with Gasteiger partial charge in [-0.2, -0.15) is 0 Å². The zero-order valence-electron chi connectivity index (χ0n) is 12.7. The third-order valence-electron chi connectivity index (χ3n) is 3.49. The summed E-state index contributed by atoms with van der Waals surface area (Å²) >= 11 is 0. The van der Waals surface area contributed by atoms with Crippen LogP contribution in [-0.4, -0.2) is 17.6 Å². The molecule has 0 radical (unpaired) electrons. The lowest BCUT2D eigenvalue weighted by atomic mass is 9.95. The van der Waals surface area contributed by atoms with Crippen molar-refractivity contribution in [3.63, 3.8) is 0 Å². The number of carbonyl (C=O) groups excluding carboxylic acids is 1. The molecule has 1 atom stereocenters. The molecule has 2 rings (SSSR count). The smallest absolute Gasteiger partial charge is 0.224 e. The fourth-order valence-electron chi connectivity index (χ4n) is 2.19. The van der Waals surface area contributed by atoms with Crippen LogP contribution in [0.2, 0.25) is 0 Å². The first-order chi connectivity index (χ1) is 11.2. The first-order valence-corrected chi connectivity index (χ1v) is 7.07. The Morgan fingerprint density at radius 3 is 2.38 bits per heavy atom. The summed E-state index contributed by atoms with van der Waals surface area (Å²) in [6.07, 6.45) is -0.237. The van der Waals surface area contributed by atoms with Crippen molar-refractivity contribution in [3.8, 4) is 0 Å². The molecule has 0 heterocycles. The van der Waals surface area contributed by atoms with Gasteiger partial charge in [0.15, 0.2) is 11.6 Å². The van der Waals surface area contributed by atoms with E-state index in [0.29, 0.717) is 6.07 Å². The van der Waals surface area contributed by atoms with Crippen molar-refractivity contribution < 1.29 is 27.5 Å². The molecule has 2 aromatic rings. The number of rotatable bonds is 5. The summed E-state index contributed by atoms with van der Waals surface area (Å²) < 4.78 is 52.5. The van der Waals surface area contributed by atoms with E-state index in [2.05, 4.69) is 5.32 Å². The number of hydrogen-bond acceptors (Lipinski definition) is 2. The van der Waals surface area contributed by atoms with Crippen molar-refractivity contribution >= 4 is 5.91 Å². The van der Waals surface area contributed by atoms with Crippen LogP contribution in [0.3, 0.4) is 0 Å². The van der Waals surface area contributed by atoms with Crippen LogP contribution in [0.15, 0.2) is 36.4 Å². The summed E-state index contributed by atoms with van der Waals surface area (Å²) in [4.78, 5) is 11.8. The summed E-state index contributed by atoms with van der Waals surface area (Å²) in [5.41, 5.74) is -1.68. The average Bonchev–Trinajstić information content (AvgIpc) is 2.49. The summed E-state index contributed by atoms with van der Waals surface area (Å²) in [6.45, 7) is 0.930. The highest BCUT2D eigenvalue weighted by atomic mass is 19.2. The topological polar surface area (TPSA) is 49.3 Å². The second-order valence-electron chi connectivity index (χ2n) is 5.60. The normalized spacial score (nSPS) is 13.4. The van der Waals surface area contributed by atoms with Crippen molar-refractivity contribution in [2.24, 2.45) is 0 Å². The van der Waals surface area contributed by atoms with Gasteiger partial charge < -0.3 is 10.4 Å². The second-order valence-corrected chi connectivity index (χ2v) is 5.60. The van der Waals surface area contributed by atoms with E-state index < -0.39 is 34.8 Å². The highest BCUT2D eigenvalue weighted by Gasteiger charge is 2.27. The van der Waals surface area contributed by atoms with Crippen LogP contribution in [-0.2, 0) is 16.8 Å². The third kappa shape index (κ3) is 4.32. The Labute approximate surface area is 135 Å². The Morgan fingerprint density at radius 2 is 1.75 bits per heavy atom. The summed E-state index contributed by atoms with van der Waals surface area (Å²) in [7, 11) is 0. The predicted molar refractivity (Wildman–Crippen MR) is 79.0 cm³/mol. The van der Waals surface area contributed by atoms with Crippen LogP contribution in [0.1, 0.15) is 18.1 Å². The fourth-order valence-corrected chi connectivity index (χ4v) is 2.19. The predicted octanol–water partition coefficient (Wildman–Crippen LogP) is 2.81. The van der Waals surface area contributed by atoms with Gasteiger partial charge in [-0.3, -0.25) is 4.79 Å². The number of carbonyl (C=O) groups is 1. The summed E-state index contributed by atoms with van der Waals surface area (Å²) in [6, 6.07) is 5.78. The van der Waals surface area contributed by atoms with E-state index >= 15 is 0 Å². The average molecular weight is 341 g/mol. The Bertz CT molecular complexity index is 762. The van der Waals surface area contributed by atoms with Crippen LogP contribution < -0.4 is 5.32 Å². The molecule has 0 aliphatic rings. The molecule has 3 nitrogen and oxygen atoms in total. The molecule has 24 heavy (non-hydrogen) atoms. The van der Waals surface area contributed by atoms with E-state index in [1.54, 1.807) is 0 Å². The van der Waals surface area contributed by atoms with Gasteiger partial charge in [0.1, 0.15) is 17.2 Å². The molecule has 0 saturated carbocycles. The van der Waals surface area contributed by atoms with Crippen molar-refractivity contribution in [2.45, 2.75) is 18.9 Å². The van der Waals surface area contributed by atoms with Gasteiger partial charge in [-0.15, -0.1) is 0 Å². The third-order valence-corrected chi connectivity index (χ3v) is 3.49. The number of benzene rings is 2. The molecule has 0 aliphatic carbocycles. The SMILES string of the molecule is CC(O)(CNC(=O)Cc1ccc(F)c(F)c1)c1ccc(F)cc1F. The molecule has 0 spiro atoms. The molecule has 0 saturated heterocycles. The van der Waals surface area contributed by atoms with Crippen LogP contribution in [0.4, 0.5) is 17.6 Å². The maximum absolute atomic E-state index is 13.7. The number of aliphatic hydroxyl groups is 1. The van der Waals surface area contributed by atoms with Crippen LogP contribution in [0, 0.1) is 23.3 Å². The zero-order valence-corrected chi connectivity index (χ0v) is 12.7. The Morgan fingerprint density at radius 1 is 1.04 bits per heavy atom. The maximum atomic E-state index is 13.7. The maximum Gasteiger partial charge on any atom is 0.224 e. The highest BCUT2D eigenvalue weighted by molar-refractivity contribution is 5.78. The molecule has 7 heteroatoms. The summed E-state index contributed by atoms with van der Waals surface area (Å²) in [5, 5.41) is 12.6. The first-order valence-electron chi connectivity index (χ1n) is 7.07. The van der Waals surface area contributed by atoms with Crippen molar-refractivity contribution in [1.29, 1.82) is 0 Å². The Kier molecular flexibility index (Phi) is 5.23. The minimum Gasteiger partial charge on any atom is -0.383 e. The van der Waals surface area contributed by atoms with Gasteiger partial charge in [-0.1, -0.05) is 12.1 Å². The second kappa shape index (κ2) is 7.00. The van der Waals surface area contributed by atoms with Gasteiger partial charge in [0.25, 0.3) is 0 Å². The van der Waals surface area contributed by atoms with Gasteiger partial charge in [0.2, 0.25) is 5.91 Å². The molecule has 0 fully saturated rings. The standard InChI is InChI=1S/C17H15F4NO2/c1-17(24,12-4-3-11(18)8-14(12)20)9-22-16(23)7-10-2-5-13(19)15(21)6-10/h2-6,8,24H,7,9H2,1H3,(H,22,23). The molecule has 1 unspecified atom stereocenters. The van der Waals surface area contributed by atoms with Crippen LogP contribution in [0.5, 0.6) is 0 Å². The van der Waals surface area contributed by atoms with Crippen LogP contribution >= 0.6 is 0 Å². The molecule has 1 amide bonds. The van der Waals surface area contributed by atoms with Crippen molar-refractivity contribution in [3.05, 3.63) is 70.8 Å².